The SMILES string of the molecule is C/C=C/C=C/C(=O)N1CC[C@@H](NC(=O)Nc2ccc(F)cc2)C1. The van der Waals surface area contributed by atoms with Gasteiger partial charge in [0.25, 0.3) is 0 Å². The van der Waals surface area contributed by atoms with E-state index in [-0.39, 0.29) is 23.8 Å². The van der Waals surface area contributed by atoms with E-state index in [4.69, 9.17) is 0 Å². The smallest absolute Gasteiger partial charge is 0.319 e. The number of likely N-dealkylation sites (tertiary alicyclic amines) is 1. The molecule has 0 bridgehead atoms. The van der Waals surface area contributed by atoms with Crippen molar-refractivity contribution in [2.45, 2.75) is 19.4 Å². The molecule has 1 heterocycles. The van der Waals surface area contributed by atoms with Crippen LogP contribution in [0.1, 0.15) is 13.3 Å². The van der Waals surface area contributed by atoms with Gasteiger partial charge in [0.1, 0.15) is 5.82 Å². The molecule has 0 unspecified atom stereocenters. The van der Waals surface area contributed by atoms with Gasteiger partial charge in [0, 0.05) is 30.9 Å². The Kier molecular flexibility index (Phi) is 5.91. The Balaban J connectivity index is 1.79. The molecule has 1 aromatic carbocycles. The number of amides is 3. The summed E-state index contributed by atoms with van der Waals surface area (Å²) in [7, 11) is 0. The molecule has 2 N–H and O–H groups in total. The minimum atomic E-state index is -0.361. The molecule has 0 saturated carbocycles. The van der Waals surface area contributed by atoms with Crippen LogP contribution >= 0.6 is 0 Å². The van der Waals surface area contributed by atoms with Gasteiger partial charge in [-0.15, -0.1) is 0 Å². The molecule has 0 aliphatic carbocycles. The molecule has 0 radical (unpaired) electrons. The molecule has 2 rings (SSSR count). The Morgan fingerprint density at radius 3 is 2.70 bits per heavy atom. The Morgan fingerprint density at radius 2 is 2.00 bits per heavy atom. The van der Waals surface area contributed by atoms with Gasteiger partial charge < -0.3 is 15.5 Å². The average Bonchev–Trinajstić information content (AvgIpc) is 2.98. The average molecular weight is 317 g/mol. The summed E-state index contributed by atoms with van der Waals surface area (Å²) < 4.78 is 12.8. The quantitative estimate of drug-likeness (QED) is 0.662. The number of carbonyl (C=O) groups is 2. The van der Waals surface area contributed by atoms with E-state index in [2.05, 4.69) is 10.6 Å². The maximum Gasteiger partial charge on any atom is 0.319 e. The highest BCUT2D eigenvalue weighted by atomic mass is 19.1. The largest absolute Gasteiger partial charge is 0.337 e. The zero-order valence-corrected chi connectivity index (χ0v) is 13.0. The number of urea groups is 1. The van der Waals surface area contributed by atoms with Crippen LogP contribution in [0.4, 0.5) is 14.9 Å². The lowest BCUT2D eigenvalue weighted by Gasteiger charge is -2.15. The molecule has 1 atom stereocenters. The summed E-state index contributed by atoms with van der Waals surface area (Å²) >= 11 is 0. The summed E-state index contributed by atoms with van der Waals surface area (Å²) in [5.74, 6) is -0.418. The highest BCUT2D eigenvalue weighted by Crippen LogP contribution is 2.11. The molecule has 1 saturated heterocycles. The van der Waals surface area contributed by atoms with E-state index in [1.807, 2.05) is 13.0 Å². The Labute approximate surface area is 134 Å². The van der Waals surface area contributed by atoms with Crippen LogP contribution in [0.3, 0.4) is 0 Å². The third-order valence-electron chi connectivity index (χ3n) is 3.48. The van der Waals surface area contributed by atoms with Gasteiger partial charge in [0.05, 0.1) is 0 Å². The van der Waals surface area contributed by atoms with Crippen molar-refractivity contribution in [2.75, 3.05) is 18.4 Å². The molecule has 3 amide bonds. The molecule has 1 fully saturated rings. The molecule has 5 nitrogen and oxygen atoms in total. The third kappa shape index (κ3) is 5.25. The van der Waals surface area contributed by atoms with Crippen LogP contribution in [-0.2, 0) is 4.79 Å². The van der Waals surface area contributed by atoms with Gasteiger partial charge in [0.2, 0.25) is 5.91 Å². The van der Waals surface area contributed by atoms with Crippen molar-refractivity contribution >= 4 is 17.6 Å². The lowest BCUT2D eigenvalue weighted by Crippen LogP contribution is -2.40. The van der Waals surface area contributed by atoms with Gasteiger partial charge in [-0.25, -0.2) is 9.18 Å². The molecule has 1 aromatic rings. The van der Waals surface area contributed by atoms with Crippen molar-refractivity contribution in [1.29, 1.82) is 0 Å². The lowest BCUT2D eigenvalue weighted by atomic mass is 10.3. The summed E-state index contributed by atoms with van der Waals surface area (Å²) in [6, 6.07) is 5.09. The topological polar surface area (TPSA) is 61.4 Å². The fourth-order valence-corrected chi connectivity index (χ4v) is 2.32. The summed E-state index contributed by atoms with van der Waals surface area (Å²) in [6.45, 7) is 2.97. The second-order valence-corrected chi connectivity index (χ2v) is 5.26. The molecule has 23 heavy (non-hydrogen) atoms. The summed E-state index contributed by atoms with van der Waals surface area (Å²) in [5, 5.41) is 5.46. The number of hydrogen-bond acceptors (Lipinski definition) is 2. The van der Waals surface area contributed by atoms with E-state index < -0.39 is 0 Å². The normalized spacial score (nSPS) is 17.8. The highest BCUT2D eigenvalue weighted by Gasteiger charge is 2.26. The van der Waals surface area contributed by atoms with Gasteiger partial charge >= 0.3 is 6.03 Å². The van der Waals surface area contributed by atoms with Gasteiger partial charge in [0.15, 0.2) is 0 Å². The second-order valence-electron chi connectivity index (χ2n) is 5.26. The van der Waals surface area contributed by atoms with Crippen LogP contribution < -0.4 is 10.6 Å². The molecule has 122 valence electrons. The summed E-state index contributed by atoms with van der Waals surface area (Å²) in [5.41, 5.74) is 0.518. The molecule has 1 aliphatic rings. The molecule has 0 aromatic heterocycles. The van der Waals surface area contributed by atoms with E-state index >= 15 is 0 Å². The van der Waals surface area contributed by atoms with Gasteiger partial charge in [-0.2, -0.15) is 0 Å². The Hall–Kier alpha value is -2.63. The summed E-state index contributed by atoms with van der Waals surface area (Å²) in [4.78, 5) is 25.5. The molecule has 6 heteroatoms. The zero-order chi connectivity index (χ0) is 16.7. The monoisotopic (exact) mass is 317 g/mol. The minimum absolute atomic E-state index is 0.0636. The van der Waals surface area contributed by atoms with Crippen LogP contribution in [0.25, 0.3) is 0 Å². The first-order valence-electron chi connectivity index (χ1n) is 7.50. The van der Waals surface area contributed by atoms with E-state index in [1.54, 1.807) is 17.1 Å². The maximum absolute atomic E-state index is 12.8. The predicted octanol–water partition coefficient (Wildman–Crippen LogP) is 2.68. The van der Waals surface area contributed by atoms with Crippen molar-refractivity contribution < 1.29 is 14.0 Å². The number of rotatable bonds is 4. The first kappa shape index (κ1) is 16.7. The molecular formula is C17H20FN3O2. The van der Waals surface area contributed by atoms with Crippen molar-refractivity contribution in [1.82, 2.24) is 10.2 Å². The Morgan fingerprint density at radius 1 is 1.26 bits per heavy atom. The number of hydrogen-bond donors (Lipinski definition) is 2. The van der Waals surface area contributed by atoms with Crippen molar-refractivity contribution in [3.05, 3.63) is 54.4 Å². The van der Waals surface area contributed by atoms with Crippen LogP contribution in [0, 0.1) is 5.82 Å². The van der Waals surface area contributed by atoms with Gasteiger partial charge in [-0.3, -0.25) is 4.79 Å². The zero-order valence-electron chi connectivity index (χ0n) is 13.0. The fourth-order valence-electron chi connectivity index (χ4n) is 2.32. The number of benzene rings is 1. The first-order chi connectivity index (χ1) is 11.1. The predicted molar refractivity (Wildman–Crippen MR) is 87.5 cm³/mol. The highest BCUT2D eigenvalue weighted by molar-refractivity contribution is 5.90. The number of nitrogens with zero attached hydrogens (tertiary/aromatic N) is 1. The van der Waals surface area contributed by atoms with Gasteiger partial charge in [-0.1, -0.05) is 18.2 Å². The lowest BCUT2D eigenvalue weighted by molar-refractivity contribution is -0.125. The van der Waals surface area contributed by atoms with Crippen LogP contribution in [0.15, 0.2) is 48.6 Å². The van der Waals surface area contributed by atoms with E-state index in [0.29, 0.717) is 25.2 Å². The molecule has 0 spiro atoms. The second kappa shape index (κ2) is 8.12. The number of nitrogens with one attached hydrogen (secondary N) is 2. The maximum atomic E-state index is 12.8. The van der Waals surface area contributed by atoms with Crippen LogP contribution in [0.5, 0.6) is 0 Å². The number of halogens is 1. The van der Waals surface area contributed by atoms with Crippen LogP contribution in [0.2, 0.25) is 0 Å². The number of allylic oxidation sites excluding steroid dienone is 3. The van der Waals surface area contributed by atoms with E-state index in [0.717, 1.165) is 0 Å². The minimum Gasteiger partial charge on any atom is -0.337 e. The first-order valence-corrected chi connectivity index (χ1v) is 7.50. The number of carbonyl (C=O) groups excluding carboxylic acids is 2. The standard InChI is InChI=1S/C17H20FN3O2/c1-2-3-4-5-16(22)21-11-10-15(12-21)20-17(23)19-14-8-6-13(18)7-9-14/h2-9,15H,10-12H2,1H3,(H2,19,20,23)/b3-2+,5-4+/t15-/m1/s1. The molecule has 1 aliphatic heterocycles. The summed E-state index contributed by atoms with van der Waals surface area (Å²) in [6.07, 6.45) is 7.56. The number of anilines is 1. The van der Waals surface area contributed by atoms with Crippen LogP contribution in [-0.4, -0.2) is 36.0 Å². The van der Waals surface area contributed by atoms with E-state index in [1.165, 1.54) is 30.3 Å². The van der Waals surface area contributed by atoms with Gasteiger partial charge in [-0.05, 0) is 37.6 Å². The van der Waals surface area contributed by atoms with Crippen molar-refractivity contribution in [2.24, 2.45) is 0 Å². The molecular weight excluding hydrogens is 297 g/mol. The fraction of sp³-hybridized carbons (Fsp3) is 0.294. The van der Waals surface area contributed by atoms with Crippen molar-refractivity contribution in [3.63, 3.8) is 0 Å². The van der Waals surface area contributed by atoms with Crippen molar-refractivity contribution in [3.8, 4) is 0 Å². The Bertz CT molecular complexity index is 611. The third-order valence-corrected chi connectivity index (χ3v) is 3.48. The van der Waals surface area contributed by atoms with E-state index in [9.17, 15) is 14.0 Å².